The molecule has 1 atom stereocenters. The molecule has 0 bridgehead atoms. The van der Waals surface area contributed by atoms with Gasteiger partial charge in [0.2, 0.25) is 0 Å². The van der Waals surface area contributed by atoms with Gasteiger partial charge >= 0.3 is 6.03 Å². The van der Waals surface area contributed by atoms with Gasteiger partial charge in [0.15, 0.2) is 0 Å². The fourth-order valence-electron chi connectivity index (χ4n) is 0.448. The fourth-order valence-corrected chi connectivity index (χ4v) is 0.640. The molecule has 0 radical (unpaired) electrons. The number of rotatable bonds is 0. The summed E-state index contributed by atoms with van der Waals surface area (Å²) in [6.45, 7) is 0. The monoisotopic (exact) mass is 148 g/mol. The Bertz CT molecular complexity index is 170. The van der Waals surface area contributed by atoms with Crippen LogP contribution in [0.15, 0.2) is 12.0 Å². The average Bonchev–Trinajstić information content (AvgIpc) is 1.80. The topological polar surface area (TPSA) is 41.1 Å². The van der Waals surface area contributed by atoms with Gasteiger partial charge in [0.25, 0.3) is 0 Å². The van der Waals surface area contributed by atoms with Crippen LogP contribution in [0.5, 0.6) is 0 Å². The van der Waals surface area contributed by atoms with Gasteiger partial charge in [-0.15, -0.1) is 12.6 Å². The summed E-state index contributed by atoms with van der Waals surface area (Å²) in [5, 5.41) is 3.53. The van der Waals surface area contributed by atoms with Crippen molar-refractivity contribution in [2.75, 3.05) is 0 Å². The molecule has 50 valence electrons. The zero-order valence-electron chi connectivity index (χ0n) is 4.39. The molecule has 0 saturated carbocycles. The highest BCUT2D eigenvalue weighted by Crippen LogP contribution is 2.08. The lowest BCUT2D eigenvalue weighted by Gasteiger charge is -2.15. The van der Waals surface area contributed by atoms with Crippen LogP contribution in [-0.2, 0) is 0 Å². The minimum atomic E-state index is -0.793. The first-order valence-corrected chi connectivity index (χ1v) is 2.82. The van der Waals surface area contributed by atoms with Crippen LogP contribution >= 0.6 is 12.6 Å². The highest BCUT2D eigenvalue weighted by atomic mass is 32.1. The molecule has 1 aliphatic heterocycles. The van der Waals surface area contributed by atoms with Crippen LogP contribution in [0.2, 0.25) is 0 Å². The zero-order valence-corrected chi connectivity index (χ0v) is 5.28. The minimum absolute atomic E-state index is 0.434. The second-order valence-corrected chi connectivity index (χ2v) is 2.07. The Balaban J connectivity index is 2.67. The van der Waals surface area contributed by atoms with Gasteiger partial charge in [0.05, 0.1) is 0 Å². The number of amides is 2. The number of urea groups is 1. The lowest BCUT2D eigenvalue weighted by Crippen LogP contribution is -2.42. The second-order valence-electron chi connectivity index (χ2n) is 1.55. The van der Waals surface area contributed by atoms with Crippen LogP contribution in [0.3, 0.4) is 0 Å². The van der Waals surface area contributed by atoms with Crippen molar-refractivity contribution in [1.82, 2.24) is 10.6 Å². The number of thiol groups is 1. The molecule has 0 saturated heterocycles. The van der Waals surface area contributed by atoms with E-state index in [1.165, 1.54) is 0 Å². The second kappa shape index (κ2) is 2.26. The highest BCUT2D eigenvalue weighted by molar-refractivity contribution is 7.81. The van der Waals surface area contributed by atoms with Crippen molar-refractivity contribution in [1.29, 1.82) is 0 Å². The third-order valence-corrected chi connectivity index (χ3v) is 1.25. The Morgan fingerprint density at radius 3 is 2.89 bits per heavy atom. The molecule has 0 fully saturated rings. The summed E-state index contributed by atoms with van der Waals surface area (Å²) in [5.74, 6) is -0.488. The molecule has 2 N–H and O–H groups in total. The van der Waals surface area contributed by atoms with E-state index in [0.29, 0.717) is 0 Å². The van der Waals surface area contributed by atoms with Gasteiger partial charge < -0.3 is 10.6 Å². The van der Waals surface area contributed by atoms with Crippen molar-refractivity contribution in [2.24, 2.45) is 0 Å². The van der Waals surface area contributed by atoms with E-state index in [0.717, 1.165) is 6.20 Å². The molecule has 1 heterocycles. The van der Waals surface area contributed by atoms with Crippen molar-refractivity contribution >= 4 is 18.7 Å². The van der Waals surface area contributed by atoms with Gasteiger partial charge in [-0.3, -0.25) is 0 Å². The summed E-state index contributed by atoms with van der Waals surface area (Å²) in [4.78, 5) is 10.3. The third-order valence-electron chi connectivity index (χ3n) is 0.870. The Morgan fingerprint density at radius 2 is 2.44 bits per heavy atom. The third kappa shape index (κ3) is 1.35. The number of hydrogen-bond acceptors (Lipinski definition) is 2. The number of halogens is 1. The Labute approximate surface area is 56.7 Å². The Hall–Kier alpha value is -0.710. The molecule has 1 unspecified atom stereocenters. The maximum Gasteiger partial charge on any atom is 0.320 e. The van der Waals surface area contributed by atoms with Crippen LogP contribution in [0.25, 0.3) is 0 Å². The lowest BCUT2D eigenvalue weighted by atomic mass is 10.5. The normalized spacial score (nSPS) is 26.2. The average molecular weight is 148 g/mol. The van der Waals surface area contributed by atoms with Crippen LogP contribution in [-0.4, -0.2) is 11.4 Å². The van der Waals surface area contributed by atoms with Crippen molar-refractivity contribution in [2.45, 2.75) is 5.37 Å². The predicted molar refractivity (Wildman–Crippen MR) is 33.6 cm³/mol. The zero-order chi connectivity index (χ0) is 6.85. The molecule has 0 spiro atoms. The molecule has 0 aromatic heterocycles. The van der Waals surface area contributed by atoms with Crippen molar-refractivity contribution in [3.8, 4) is 0 Å². The van der Waals surface area contributed by atoms with E-state index < -0.39 is 17.2 Å². The summed E-state index contributed by atoms with van der Waals surface area (Å²) >= 11 is 3.70. The predicted octanol–water partition coefficient (Wildman–Crippen LogP) is 0.366. The number of carbonyl (C=O) groups is 1. The molecule has 0 aromatic rings. The van der Waals surface area contributed by atoms with Crippen molar-refractivity contribution in [3.05, 3.63) is 12.0 Å². The van der Waals surface area contributed by atoms with Crippen LogP contribution in [0.4, 0.5) is 9.18 Å². The molecule has 1 rings (SSSR count). The molecule has 2 amide bonds. The van der Waals surface area contributed by atoms with E-state index in [1.54, 1.807) is 0 Å². The van der Waals surface area contributed by atoms with Crippen molar-refractivity contribution in [3.63, 3.8) is 0 Å². The first-order valence-electron chi connectivity index (χ1n) is 2.31. The van der Waals surface area contributed by atoms with Gasteiger partial charge in [-0.1, -0.05) is 0 Å². The van der Waals surface area contributed by atoms with E-state index in [4.69, 9.17) is 0 Å². The molecule has 9 heavy (non-hydrogen) atoms. The first kappa shape index (κ1) is 6.41. The quantitative estimate of drug-likeness (QED) is 0.427. The van der Waals surface area contributed by atoms with E-state index >= 15 is 0 Å². The van der Waals surface area contributed by atoms with Gasteiger partial charge in [-0.25, -0.2) is 9.18 Å². The number of nitrogens with one attached hydrogen (secondary N) is 2. The minimum Gasteiger partial charge on any atom is -0.320 e. The molecule has 3 nitrogen and oxygen atoms in total. The van der Waals surface area contributed by atoms with Crippen LogP contribution in [0.1, 0.15) is 0 Å². The van der Waals surface area contributed by atoms with Crippen LogP contribution in [0, 0.1) is 0 Å². The Kier molecular flexibility index (Phi) is 1.61. The van der Waals surface area contributed by atoms with Crippen LogP contribution < -0.4 is 10.6 Å². The molecule has 1 aliphatic rings. The van der Waals surface area contributed by atoms with E-state index in [9.17, 15) is 9.18 Å². The molecule has 0 aliphatic carbocycles. The standard InChI is InChI=1S/C4H5FN2OS/c5-2-1-6-4(8)7-3(2)9/h1,3,9H,(H2,6,7,8). The van der Waals surface area contributed by atoms with Gasteiger partial charge in [-0.2, -0.15) is 0 Å². The first-order chi connectivity index (χ1) is 4.20. The molecule has 0 aromatic carbocycles. The van der Waals surface area contributed by atoms with Gasteiger partial charge in [0.1, 0.15) is 11.2 Å². The highest BCUT2D eigenvalue weighted by Gasteiger charge is 2.16. The van der Waals surface area contributed by atoms with E-state index in [-0.39, 0.29) is 0 Å². The van der Waals surface area contributed by atoms with Gasteiger partial charge in [-0.05, 0) is 0 Å². The van der Waals surface area contributed by atoms with Gasteiger partial charge in [0, 0.05) is 6.20 Å². The summed E-state index contributed by atoms with van der Waals surface area (Å²) in [7, 11) is 0. The molecule has 5 heteroatoms. The smallest absolute Gasteiger partial charge is 0.320 e. The maximum absolute atomic E-state index is 12.3. The van der Waals surface area contributed by atoms with Crippen molar-refractivity contribution < 1.29 is 9.18 Å². The number of hydrogen-bond donors (Lipinski definition) is 3. The maximum atomic E-state index is 12.3. The van der Waals surface area contributed by atoms with E-state index in [2.05, 4.69) is 23.3 Å². The molecular formula is C4H5FN2OS. The Morgan fingerprint density at radius 1 is 1.78 bits per heavy atom. The fraction of sp³-hybridized carbons (Fsp3) is 0.250. The summed E-state index contributed by atoms with van der Waals surface area (Å²) < 4.78 is 12.3. The molecular weight excluding hydrogens is 143 g/mol. The lowest BCUT2D eigenvalue weighted by molar-refractivity contribution is 0.241. The summed E-state index contributed by atoms with van der Waals surface area (Å²) in [6, 6.07) is -0.434. The SMILES string of the molecule is O=C1NC=C(F)C(S)N1. The number of carbonyl (C=O) groups excluding carboxylic acids is 1. The largest absolute Gasteiger partial charge is 0.320 e. The summed E-state index contributed by atoms with van der Waals surface area (Å²) in [5.41, 5.74) is 0. The van der Waals surface area contributed by atoms with E-state index in [1.807, 2.05) is 0 Å². The summed E-state index contributed by atoms with van der Waals surface area (Å²) in [6.07, 6.45) is 0.983.